The fourth-order valence-corrected chi connectivity index (χ4v) is 4.22. The maximum absolute atomic E-state index is 15.0. The summed E-state index contributed by atoms with van der Waals surface area (Å²) in [5.41, 5.74) is -0.103. The molecule has 0 saturated carbocycles. The summed E-state index contributed by atoms with van der Waals surface area (Å²) in [4.78, 5) is 0. The lowest BCUT2D eigenvalue weighted by molar-refractivity contribution is -0.000880. The SMILES string of the molecule is CCS(=O)(=O)N[C@@H]1[C@H](Cc2cccc(-c3cc(F)cc(F)c3)c2F)NCC1(F)F.Cl. The fraction of sp³-hybridized carbons (Fsp3) is 0.368. The van der Waals surface area contributed by atoms with E-state index in [0.717, 1.165) is 12.1 Å². The third-order valence-electron chi connectivity index (χ3n) is 4.84. The molecular formula is C19H20ClF5N2O2S. The van der Waals surface area contributed by atoms with Gasteiger partial charge in [0.15, 0.2) is 0 Å². The smallest absolute Gasteiger partial charge is 0.277 e. The Morgan fingerprint density at radius 1 is 1.13 bits per heavy atom. The van der Waals surface area contributed by atoms with Gasteiger partial charge in [0, 0.05) is 17.7 Å². The van der Waals surface area contributed by atoms with Crippen LogP contribution in [-0.2, 0) is 16.4 Å². The zero-order valence-corrected chi connectivity index (χ0v) is 17.4. The maximum atomic E-state index is 15.0. The number of rotatable bonds is 6. The van der Waals surface area contributed by atoms with Gasteiger partial charge in [-0.3, -0.25) is 0 Å². The number of nitrogens with one attached hydrogen (secondary N) is 2. The molecule has 0 amide bonds. The van der Waals surface area contributed by atoms with Crippen molar-refractivity contribution in [1.29, 1.82) is 0 Å². The Bertz CT molecular complexity index is 1000. The van der Waals surface area contributed by atoms with Gasteiger partial charge in [-0.2, -0.15) is 0 Å². The predicted molar refractivity (Wildman–Crippen MR) is 106 cm³/mol. The Morgan fingerprint density at radius 3 is 2.37 bits per heavy atom. The number of hydrogen-bond donors (Lipinski definition) is 2. The first-order valence-corrected chi connectivity index (χ1v) is 10.5. The summed E-state index contributed by atoms with van der Waals surface area (Å²) in [6.07, 6.45) is -0.246. The highest BCUT2D eigenvalue weighted by atomic mass is 35.5. The van der Waals surface area contributed by atoms with Crippen LogP contribution in [0.4, 0.5) is 22.0 Å². The van der Waals surface area contributed by atoms with E-state index < -0.39 is 52.0 Å². The molecule has 1 heterocycles. The van der Waals surface area contributed by atoms with Crippen molar-refractivity contribution >= 4 is 22.4 Å². The first kappa shape index (κ1) is 24.5. The van der Waals surface area contributed by atoms with Gasteiger partial charge in [-0.15, -0.1) is 12.4 Å². The van der Waals surface area contributed by atoms with Crippen molar-refractivity contribution < 1.29 is 30.4 Å². The molecular weight excluding hydrogens is 451 g/mol. The average Bonchev–Trinajstić information content (AvgIpc) is 2.90. The molecule has 30 heavy (non-hydrogen) atoms. The Morgan fingerprint density at radius 2 is 1.77 bits per heavy atom. The molecule has 0 unspecified atom stereocenters. The van der Waals surface area contributed by atoms with E-state index in [1.54, 1.807) is 0 Å². The molecule has 2 aromatic carbocycles. The maximum Gasteiger partial charge on any atom is 0.277 e. The summed E-state index contributed by atoms with van der Waals surface area (Å²) in [7, 11) is -3.92. The van der Waals surface area contributed by atoms with Crippen molar-refractivity contribution in [3.63, 3.8) is 0 Å². The van der Waals surface area contributed by atoms with Crippen LogP contribution in [0.25, 0.3) is 11.1 Å². The highest BCUT2D eigenvalue weighted by Crippen LogP contribution is 2.31. The topological polar surface area (TPSA) is 58.2 Å². The quantitative estimate of drug-likeness (QED) is 0.634. The molecule has 1 saturated heterocycles. The molecule has 3 rings (SSSR count). The summed E-state index contributed by atoms with van der Waals surface area (Å²) in [5, 5.41) is 2.53. The first-order valence-electron chi connectivity index (χ1n) is 8.87. The van der Waals surface area contributed by atoms with Crippen LogP contribution in [0.5, 0.6) is 0 Å². The Balaban J connectivity index is 0.00000320. The molecule has 2 atom stereocenters. The number of halogens is 6. The molecule has 11 heteroatoms. The Labute approximate surface area is 177 Å². The average molecular weight is 471 g/mol. The van der Waals surface area contributed by atoms with Crippen LogP contribution < -0.4 is 10.0 Å². The number of sulfonamides is 1. The van der Waals surface area contributed by atoms with Gasteiger partial charge in [-0.05, 0) is 36.6 Å². The minimum Gasteiger partial charge on any atom is -0.306 e. The molecule has 0 aliphatic carbocycles. The lowest BCUT2D eigenvalue weighted by Crippen LogP contribution is -2.51. The van der Waals surface area contributed by atoms with Crippen molar-refractivity contribution in [2.45, 2.75) is 31.4 Å². The van der Waals surface area contributed by atoms with Gasteiger partial charge in [0.05, 0.1) is 12.3 Å². The molecule has 0 aromatic heterocycles. The van der Waals surface area contributed by atoms with Crippen molar-refractivity contribution in [2.75, 3.05) is 12.3 Å². The Hall–Kier alpha value is -1.75. The minimum atomic E-state index is -3.92. The van der Waals surface area contributed by atoms with Crippen LogP contribution in [0.1, 0.15) is 12.5 Å². The molecule has 2 N–H and O–H groups in total. The van der Waals surface area contributed by atoms with Crippen LogP contribution >= 0.6 is 12.4 Å². The Kier molecular flexibility index (Phi) is 7.49. The van der Waals surface area contributed by atoms with Crippen LogP contribution in [0, 0.1) is 17.5 Å². The zero-order chi connectivity index (χ0) is 21.4. The van der Waals surface area contributed by atoms with Crippen molar-refractivity contribution in [3.05, 3.63) is 59.4 Å². The van der Waals surface area contributed by atoms with Crippen LogP contribution in [0.15, 0.2) is 36.4 Å². The second-order valence-corrected chi connectivity index (χ2v) is 8.93. The van der Waals surface area contributed by atoms with Crippen molar-refractivity contribution in [2.24, 2.45) is 0 Å². The normalized spacial score (nSPS) is 20.7. The van der Waals surface area contributed by atoms with Gasteiger partial charge in [-0.25, -0.2) is 35.1 Å². The van der Waals surface area contributed by atoms with Crippen molar-refractivity contribution in [3.8, 4) is 11.1 Å². The third kappa shape index (κ3) is 5.29. The van der Waals surface area contributed by atoms with Crippen LogP contribution in [0.2, 0.25) is 0 Å². The van der Waals surface area contributed by atoms with E-state index >= 15 is 4.39 Å². The van der Waals surface area contributed by atoms with E-state index in [2.05, 4.69) is 5.32 Å². The molecule has 1 aliphatic rings. The van der Waals surface area contributed by atoms with E-state index in [1.165, 1.54) is 25.1 Å². The molecule has 1 fully saturated rings. The second kappa shape index (κ2) is 9.17. The standard InChI is InChI=1S/C19H19F5N2O2S.ClH/c1-2-29(27,28)26-18-16(25-10-19(18,23)24)8-11-4-3-5-15(17(11)22)12-6-13(20)9-14(21)7-12;/h3-7,9,16,18,25-26H,2,8,10H2,1H3;1H/t16-,18+;/m0./s1. The lowest BCUT2D eigenvalue weighted by atomic mass is 9.95. The van der Waals surface area contributed by atoms with Gasteiger partial charge < -0.3 is 5.32 Å². The highest BCUT2D eigenvalue weighted by molar-refractivity contribution is 7.89. The molecule has 0 radical (unpaired) electrons. The summed E-state index contributed by atoms with van der Waals surface area (Å²) in [6, 6.07) is 3.88. The summed E-state index contributed by atoms with van der Waals surface area (Å²) < 4.78 is 95.9. The molecule has 166 valence electrons. The van der Waals surface area contributed by atoms with E-state index in [0.29, 0.717) is 6.07 Å². The molecule has 1 aliphatic heterocycles. The number of hydrogen-bond acceptors (Lipinski definition) is 3. The summed E-state index contributed by atoms with van der Waals surface area (Å²) in [5.74, 6) is -6.30. The zero-order valence-electron chi connectivity index (χ0n) is 15.8. The number of alkyl halides is 2. The minimum absolute atomic E-state index is 0. The highest BCUT2D eigenvalue weighted by Gasteiger charge is 2.51. The van der Waals surface area contributed by atoms with E-state index in [1.807, 2.05) is 4.72 Å². The van der Waals surface area contributed by atoms with E-state index in [4.69, 9.17) is 0 Å². The van der Waals surface area contributed by atoms with Crippen molar-refractivity contribution in [1.82, 2.24) is 10.0 Å². The van der Waals surface area contributed by atoms with E-state index in [9.17, 15) is 26.0 Å². The summed E-state index contributed by atoms with van der Waals surface area (Å²) in [6.45, 7) is 0.560. The molecule has 0 spiro atoms. The summed E-state index contributed by atoms with van der Waals surface area (Å²) >= 11 is 0. The third-order valence-corrected chi connectivity index (χ3v) is 6.21. The fourth-order valence-electron chi connectivity index (χ4n) is 3.33. The van der Waals surface area contributed by atoms with Gasteiger partial charge >= 0.3 is 0 Å². The first-order chi connectivity index (χ1) is 13.5. The van der Waals surface area contributed by atoms with Crippen LogP contribution in [-0.4, -0.2) is 38.7 Å². The predicted octanol–water partition coefficient (Wildman–Crippen LogP) is 3.65. The van der Waals surface area contributed by atoms with Gasteiger partial charge in [0.1, 0.15) is 23.5 Å². The second-order valence-electron chi connectivity index (χ2n) is 6.89. The van der Waals surface area contributed by atoms with Gasteiger partial charge in [0.25, 0.3) is 5.92 Å². The lowest BCUT2D eigenvalue weighted by Gasteiger charge is -2.24. The van der Waals surface area contributed by atoms with Crippen LogP contribution in [0.3, 0.4) is 0 Å². The molecule has 0 bridgehead atoms. The monoisotopic (exact) mass is 470 g/mol. The largest absolute Gasteiger partial charge is 0.306 e. The number of benzene rings is 2. The van der Waals surface area contributed by atoms with E-state index in [-0.39, 0.29) is 41.3 Å². The van der Waals surface area contributed by atoms with Gasteiger partial charge in [-0.1, -0.05) is 18.2 Å². The molecule has 4 nitrogen and oxygen atoms in total. The van der Waals surface area contributed by atoms with Gasteiger partial charge in [0.2, 0.25) is 10.0 Å². The molecule has 2 aromatic rings.